The van der Waals surface area contributed by atoms with E-state index in [2.05, 4.69) is 42.1 Å². The van der Waals surface area contributed by atoms with Gasteiger partial charge in [0.1, 0.15) is 18.4 Å². The van der Waals surface area contributed by atoms with Crippen LogP contribution < -0.4 is 21.5 Å². The van der Waals surface area contributed by atoms with Crippen molar-refractivity contribution in [2.75, 3.05) is 16.8 Å². The fourth-order valence-electron chi connectivity index (χ4n) is 4.53. The Hall–Kier alpha value is -4.93. The van der Waals surface area contributed by atoms with Crippen molar-refractivity contribution in [1.29, 1.82) is 5.26 Å². The van der Waals surface area contributed by atoms with Gasteiger partial charge < -0.3 is 14.8 Å². The minimum absolute atomic E-state index is 0.0398. The lowest BCUT2D eigenvalue weighted by molar-refractivity contribution is -0.118. The van der Waals surface area contributed by atoms with Crippen molar-refractivity contribution in [2.24, 2.45) is 7.05 Å². The van der Waals surface area contributed by atoms with Crippen molar-refractivity contribution < 1.29 is 4.79 Å². The van der Waals surface area contributed by atoms with E-state index in [9.17, 15) is 14.4 Å². The second-order valence-corrected chi connectivity index (χ2v) is 9.10. The molecule has 0 bridgehead atoms. The molecule has 0 spiro atoms. The molecule has 0 saturated carbocycles. The summed E-state index contributed by atoms with van der Waals surface area (Å²) in [6.07, 6.45) is 8.37. The van der Waals surface area contributed by atoms with E-state index >= 15 is 0 Å². The number of aromatic nitrogens is 8. The predicted octanol–water partition coefficient (Wildman–Crippen LogP) is 0.856. The Morgan fingerprint density at radius 2 is 2.00 bits per heavy atom. The van der Waals surface area contributed by atoms with E-state index in [1.807, 2.05) is 0 Å². The van der Waals surface area contributed by atoms with Crippen LogP contribution in [0.4, 0.5) is 11.8 Å². The van der Waals surface area contributed by atoms with Crippen molar-refractivity contribution in [1.82, 2.24) is 38.6 Å². The molecule has 38 heavy (non-hydrogen) atoms. The highest BCUT2D eigenvalue weighted by atomic mass is 16.2. The first-order valence-electron chi connectivity index (χ1n) is 12.1. The van der Waals surface area contributed by atoms with Gasteiger partial charge in [0.05, 0.1) is 18.0 Å². The Balaban J connectivity index is 1.38. The third-order valence-electron chi connectivity index (χ3n) is 6.70. The Bertz CT molecular complexity index is 1680. The lowest BCUT2D eigenvalue weighted by Gasteiger charge is -2.20. The summed E-state index contributed by atoms with van der Waals surface area (Å²) < 4.78 is 3.34. The van der Waals surface area contributed by atoms with Gasteiger partial charge in [0.25, 0.3) is 5.56 Å². The number of imidazole rings is 1. The van der Waals surface area contributed by atoms with Crippen LogP contribution in [0.15, 0.2) is 40.6 Å². The van der Waals surface area contributed by atoms with Gasteiger partial charge in [-0.25, -0.2) is 34.3 Å². The van der Waals surface area contributed by atoms with E-state index in [1.54, 1.807) is 31.5 Å². The molecule has 4 aromatic heterocycles. The number of anilines is 2. The summed E-state index contributed by atoms with van der Waals surface area (Å²) in [6, 6.07) is 2.86. The maximum absolute atomic E-state index is 13.1. The molecule has 14 heteroatoms. The topological polar surface area (TPSA) is 170 Å². The van der Waals surface area contributed by atoms with E-state index in [0.29, 0.717) is 23.4 Å². The van der Waals surface area contributed by atoms with Gasteiger partial charge in [-0.15, -0.1) is 0 Å². The number of nitrogens with zero attached hydrogens (tertiary/aromatic N) is 10. The minimum Gasteiger partial charge on any atom is -0.338 e. The lowest BCUT2D eigenvalue weighted by atomic mass is 10.2. The van der Waals surface area contributed by atoms with Crippen molar-refractivity contribution in [3.05, 3.63) is 51.8 Å². The SMILES string of the molecule is C[C@H]1CCCN1c1ncc(-c2nccc(NC(=O)[C@H](C)n3cnc4c3c(=O)n(CC#N)c(=O)n4C)n2)cn1. The molecule has 1 fully saturated rings. The molecular formula is C24H25N11O3. The molecule has 1 aliphatic rings. The Labute approximate surface area is 216 Å². The molecule has 5 heterocycles. The van der Waals surface area contributed by atoms with E-state index in [0.717, 1.165) is 24.0 Å². The molecule has 2 atom stereocenters. The van der Waals surface area contributed by atoms with E-state index in [1.165, 1.54) is 28.7 Å². The highest BCUT2D eigenvalue weighted by molar-refractivity contribution is 5.93. The predicted molar refractivity (Wildman–Crippen MR) is 137 cm³/mol. The molecule has 1 aliphatic heterocycles. The number of nitriles is 1. The normalized spacial score (nSPS) is 15.9. The maximum Gasteiger partial charge on any atom is 0.333 e. The molecule has 1 saturated heterocycles. The Morgan fingerprint density at radius 1 is 1.24 bits per heavy atom. The molecule has 0 aromatic carbocycles. The summed E-state index contributed by atoms with van der Waals surface area (Å²) in [5.74, 6) is 0.793. The fraction of sp³-hybridized carbons (Fsp3) is 0.375. The number of hydrogen-bond donors (Lipinski definition) is 1. The summed E-state index contributed by atoms with van der Waals surface area (Å²) in [5, 5.41) is 11.8. The van der Waals surface area contributed by atoms with Gasteiger partial charge in [0.2, 0.25) is 11.9 Å². The Morgan fingerprint density at radius 3 is 2.68 bits per heavy atom. The molecule has 194 valence electrons. The number of carbonyl (C=O) groups excluding carboxylic acids is 1. The molecular weight excluding hydrogens is 490 g/mol. The van der Waals surface area contributed by atoms with E-state index in [4.69, 9.17) is 5.26 Å². The fourth-order valence-corrected chi connectivity index (χ4v) is 4.53. The first-order chi connectivity index (χ1) is 18.3. The first kappa shape index (κ1) is 24.8. The number of aryl methyl sites for hydroxylation is 1. The molecule has 0 unspecified atom stereocenters. The third kappa shape index (κ3) is 4.27. The molecule has 0 radical (unpaired) electrons. The number of fused-ring (bicyclic) bond motifs is 1. The maximum atomic E-state index is 13.1. The third-order valence-corrected chi connectivity index (χ3v) is 6.70. The van der Waals surface area contributed by atoms with Crippen molar-refractivity contribution in [3.63, 3.8) is 0 Å². The van der Waals surface area contributed by atoms with Gasteiger partial charge in [-0.2, -0.15) is 5.26 Å². The zero-order valence-electron chi connectivity index (χ0n) is 21.1. The molecule has 1 N–H and O–H groups in total. The largest absolute Gasteiger partial charge is 0.338 e. The van der Waals surface area contributed by atoms with Gasteiger partial charge in [0, 0.05) is 38.2 Å². The molecule has 5 rings (SSSR count). The summed E-state index contributed by atoms with van der Waals surface area (Å²) in [6.45, 7) is 4.24. The van der Waals surface area contributed by atoms with Crippen molar-refractivity contribution >= 4 is 28.8 Å². The smallest absolute Gasteiger partial charge is 0.333 e. The van der Waals surface area contributed by atoms with Crippen LogP contribution >= 0.6 is 0 Å². The van der Waals surface area contributed by atoms with Crippen molar-refractivity contribution in [2.45, 2.75) is 45.3 Å². The van der Waals surface area contributed by atoms with Gasteiger partial charge in [0.15, 0.2) is 17.0 Å². The van der Waals surface area contributed by atoms with Gasteiger partial charge in [-0.3, -0.25) is 14.2 Å². The standard InChI is InChI=1S/C24H25N11O3/c1-14-5-4-9-33(14)23-27-11-16(12-28-23)19-26-8-6-17(30-19)31-21(36)15(2)35-13-29-20-18(35)22(37)34(10-7-25)24(38)32(20)3/h6,8,11-15H,4-5,9-10H2,1-3H3,(H,26,30,31,36)/t14-,15-/m0/s1. The van der Waals surface area contributed by atoms with Crippen LogP contribution in [0.1, 0.15) is 32.7 Å². The van der Waals surface area contributed by atoms with Crippen LogP contribution in [0.3, 0.4) is 0 Å². The van der Waals surface area contributed by atoms with Crippen molar-refractivity contribution in [3.8, 4) is 17.5 Å². The molecule has 14 nitrogen and oxygen atoms in total. The average Bonchev–Trinajstić information content (AvgIpc) is 3.56. The number of hydrogen-bond acceptors (Lipinski definition) is 10. The number of nitrogens with one attached hydrogen (secondary N) is 1. The van der Waals surface area contributed by atoms with E-state index in [-0.39, 0.29) is 17.0 Å². The monoisotopic (exact) mass is 515 g/mol. The minimum atomic E-state index is -0.885. The van der Waals surface area contributed by atoms with Crippen LogP contribution in [0.2, 0.25) is 0 Å². The quantitative estimate of drug-likeness (QED) is 0.388. The summed E-state index contributed by atoms with van der Waals surface area (Å²) in [4.78, 5) is 62.5. The number of carbonyl (C=O) groups is 1. The first-order valence-corrected chi connectivity index (χ1v) is 12.1. The summed E-state index contributed by atoms with van der Waals surface area (Å²) >= 11 is 0. The molecule has 1 amide bonds. The van der Waals surface area contributed by atoms with Crippen LogP contribution in [0.25, 0.3) is 22.6 Å². The Kier molecular flexibility index (Phi) is 6.41. The van der Waals surface area contributed by atoms with Gasteiger partial charge in [-0.05, 0) is 32.8 Å². The lowest BCUT2D eigenvalue weighted by Crippen LogP contribution is -2.40. The van der Waals surface area contributed by atoms with Crippen LogP contribution in [-0.2, 0) is 18.4 Å². The highest BCUT2D eigenvalue weighted by Gasteiger charge is 2.24. The zero-order valence-corrected chi connectivity index (χ0v) is 21.1. The number of rotatable bonds is 6. The van der Waals surface area contributed by atoms with Crippen LogP contribution in [-0.4, -0.2) is 57.1 Å². The number of amides is 1. The molecule has 0 aliphatic carbocycles. The van der Waals surface area contributed by atoms with Gasteiger partial charge >= 0.3 is 5.69 Å². The van der Waals surface area contributed by atoms with E-state index < -0.39 is 29.7 Å². The molecule has 4 aromatic rings. The second kappa shape index (κ2) is 9.85. The summed E-state index contributed by atoms with van der Waals surface area (Å²) in [7, 11) is 1.45. The average molecular weight is 516 g/mol. The highest BCUT2D eigenvalue weighted by Crippen LogP contribution is 2.23. The van der Waals surface area contributed by atoms with Gasteiger partial charge in [-0.1, -0.05) is 0 Å². The second-order valence-electron chi connectivity index (χ2n) is 9.10. The van der Waals surface area contributed by atoms with Crippen LogP contribution in [0.5, 0.6) is 0 Å². The zero-order chi connectivity index (χ0) is 27.0. The summed E-state index contributed by atoms with van der Waals surface area (Å²) in [5.41, 5.74) is -0.600. The van der Waals surface area contributed by atoms with Crippen LogP contribution in [0, 0.1) is 11.3 Å².